The van der Waals surface area contributed by atoms with Crippen LogP contribution in [0.25, 0.3) is 0 Å². The quantitative estimate of drug-likeness (QED) is 0.695. The number of nitrogens with zero attached hydrogens (tertiary/aromatic N) is 2. The maximum atomic E-state index is 12.0. The predicted molar refractivity (Wildman–Crippen MR) is 70.8 cm³/mol. The van der Waals surface area contributed by atoms with E-state index in [1.807, 2.05) is 10.6 Å². The summed E-state index contributed by atoms with van der Waals surface area (Å²) in [5, 5.41) is 0. The molecule has 4 rings (SSSR count). The molecule has 2 fully saturated rings. The lowest BCUT2D eigenvalue weighted by Gasteiger charge is -2.50. The van der Waals surface area contributed by atoms with Crippen LogP contribution >= 0.6 is 0 Å². The summed E-state index contributed by atoms with van der Waals surface area (Å²) in [7, 11) is 0. The van der Waals surface area contributed by atoms with Crippen molar-refractivity contribution in [1.29, 1.82) is 0 Å². The van der Waals surface area contributed by atoms with E-state index in [1.54, 1.807) is 6.07 Å². The summed E-state index contributed by atoms with van der Waals surface area (Å²) in [6.07, 6.45) is 5.37. The van der Waals surface area contributed by atoms with Crippen LogP contribution in [0.3, 0.4) is 0 Å². The van der Waals surface area contributed by atoms with Crippen LogP contribution in [0.4, 0.5) is 0 Å². The Kier molecular flexibility index (Phi) is 2.37. The molecule has 0 amide bonds. The molecule has 3 nitrogen and oxygen atoms in total. The van der Waals surface area contributed by atoms with Crippen molar-refractivity contribution in [3.8, 4) is 0 Å². The predicted octanol–water partition coefficient (Wildman–Crippen LogP) is 1.82. The zero-order chi connectivity index (χ0) is 12.1. The normalized spacial score (nSPS) is 34.8. The van der Waals surface area contributed by atoms with Crippen LogP contribution in [0, 0.1) is 5.92 Å². The molecule has 0 unspecified atom stereocenters. The van der Waals surface area contributed by atoms with Crippen molar-refractivity contribution < 1.29 is 0 Å². The number of piperidine rings is 2. The molecule has 0 aromatic carbocycles. The van der Waals surface area contributed by atoms with Gasteiger partial charge in [-0.3, -0.25) is 9.69 Å². The van der Waals surface area contributed by atoms with Gasteiger partial charge in [-0.1, -0.05) is 12.5 Å². The van der Waals surface area contributed by atoms with Crippen LogP contribution in [-0.2, 0) is 6.54 Å². The molecule has 3 heteroatoms. The van der Waals surface area contributed by atoms with E-state index in [1.165, 1.54) is 44.5 Å². The fourth-order valence-corrected chi connectivity index (χ4v) is 4.39. The minimum Gasteiger partial charge on any atom is -0.312 e. The molecular formula is C15H20N2O. The zero-order valence-electron chi connectivity index (χ0n) is 10.7. The molecule has 0 saturated carbocycles. The smallest absolute Gasteiger partial charge is 0.250 e. The second kappa shape index (κ2) is 3.95. The van der Waals surface area contributed by atoms with E-state index in [4.69, 9.17) is 0 Å². The molecule has 2 saturated heterocycles. The molecule has 96 valence electrons. The lowest BCUT2D eigenvalue weighted by molar-refractivity contribution is 0.0248. The first-order valence-corrected chi connectivity index (χ1v) is 7.27. The Bertz CT molecular complexity index is 521. The Labute approximate surface area is 107 Å². The minimum atomic E-state index is 0.200. The number of hydrogen-bond acceptors (Lipinski definition) is 2. The molecule has 2 bridgehead atoms. The van der Waals surface area contributed by atoms with Gasteiger partial charge in [0.15, 0.2) is 0 Å². The van der Waals surface area contributed by atoms with Crippen molar-refractivity contribution in [1.82, 2.24) is 9.47 Å². The van der Waals surface area contributed by atoms with Gasteiger partial charge in [-0.2, -0.15) is 0 Å². The van der Waals surface area contributed by atoms with Crippen molar-refractivity contribution in [2.24, 2.45) is 5.92 Å². The number of rotatable bonds is 0. The summed E-state index contributed by atoms with van der Waals surface area (Å²) in [5.41, 5.74) is 1.48. The van der Waals surface area contributed by atoms with E-state index in [2.05, 4.69) is 11.0 Å². The van der Waals surface area contributed by atoms with Crippen LogP contribution in [0.15, 0.2) is 23.0 Å². The molecule has 4 heterocycles. The van der Waals surface area contributed by atoms with Crippen LogP contribution < -0.4 is 5.56 Å². The highest BCUT2D eigenvalue weighted by molar-refractivity contribution is 5.18. The Morgan fingerprint density at radius 3 is 3.06 bits per heavy atom. The average molecular weight is 244 g/mol. The monoisotopic (exact) mass is 244 g/mol. The van der Waals surface area contributed by atoms with Crippen LogP contribution in [-0.4, -0.2) is 28.6 Å². The van der Waals surface area contributed by atoms with Gasteiger partial charge in [-0.15, -0.1) is 0 Å². The standard InChI is InChI=1S/C15H20N2O/c18-15-6-3-5-14-11-8-12(10-17(14)15)13-4-1-2-7-16(13)9-11/h3,5-6,11-13H,1-2,4,7-10H2/t11-,12+,13-/m0/s1. The Balaban J connectivity index is 1.76. The van der Waals surface area contributed by atoms with Crippen LogP contribution in [0.1, 0.15) is 37.3 Å². The van der Waals surface area contributed by atoms with Crippen LogP contribution in [0.5, 0.6) is 0 Å². The van der Waals surface area contributed by atoms with Crippen molar-refractivity contribution in [3.63, 3.8) is 0 Å². The molecular weight excluding hydrogens is 224 g/mol. The summed E-state index contributed by atoms with van der Waals surface area (Å²) >= 11 is 0. The van der Waals surface area contributed by atoms with Crippen LogP contribution in [0.2, 0.25) is 0 Å². The Morgan fingerprint density at radius 1 is 1.17 bits per heavy atom. The number of pyridine rings is 1. The van der Waals surface area contributed by atoms with Crippen molar-refractivity contribution >= 4 is 0 Å². The summed E-state index contributed by atoms with van der Waals surface area (Å²) in [5.74, 6) is 1.30. The lowest BCUT2D eigenvalue weighted by atomic mass is 9.75. The first kappa shape index (κ1) is 10.8. The highest BCUT2D eigenvalue weighted by Crippen LogP contribution is 2.41. The summed E-state index contributed by atoms with van der Waals surface area (Å²) in [4.78, 5) is 14.7. The molecule has 3 atom stereocenters. The van der Waals surface area contributed by atoms with E-state index < -0.39 is 0 Å². The molecule has 1 aromatic rings. The lowest BCUT2D eigenvalue weighted by Crippen LogP contribution is -2.54. The van der Waals surface area contributed by atoms with E-state index in [9.17, 15) is 4.79 Å². The fourth-order valence-electron chi connectivity index (χ4n) is 4.39. The highest BCUT2D eigenvalue weighted by Gasteiger charge is 2.41. The molecule has 0 N–H and O–H groups in total. The second-order valence-corrected chi connectivity index (χ2v) is 6.15. The third-order valence-electron chi connectivity index (χ3n) is 5.17. The summed E-state index contributed by atoms with van der Waals surface area (Å²) in [6.45, 7) is 3.39. The SMILES string of the molecule is O=c1cccc2n1C[C@H]1C[C@H]2CN2CCCC[C@@H]12. The third kappa shape index (κ3) is 1.50. The van der Waals surface area contributed by atoms with Gasteiger partial charge >= 0.3 is 0 Å². The number of fused-ring (bicyclic) bond motifs is 6. The van der Waals surface area contributed by atoms with Gasteiger partial charge in [0.2, 0.25) is 0 Å². The Morgan fingerprint density at radius 2 is 2.11 bits per heavy atom. The zero-order valence-corrected chi connectivity index (χ0v) is 10.7. The summed E-state index contributed by atoms with van der Waals surface area (Å²) < 4.78 is 2.05. The van der Waals surface area contributed by atoms with E-state index in [0.29, 0.717) is 11.8 Å². The van der Waals surface area contributed by atoms with Gasteiger partial charge in [0.1, 0.15) is 0 Å². The minimum absolute atomic E-state index is 0.200. The molecule has 18 heavy (non-hydrogen) atoms. The van der Waals surface area contributed by atoms with Gasteiger partial charge in [-0.25, -0.2) is 0 Å². The number of hydrogen-bond donors (Lipinski definition) is 0. The second-order valence-electron chi connectivity index (χ2n) is 6.15. The van der Waals surface area contributed by atoms with Gasteiger partial charge in [0, 0.05) is 36.8 Å². The molecule has 3 aliphatic heterocycles. The average Bonchev–Trinajstić information content (AvgIpc) is 2.40. The number of aromatic nitrogens is 1. The molecule has 0 radical (unpaired) electrons. The van der Waals surface area contributed by atoms with E-state index in [0.717, 1.165) is 12.6 Å². The van der Waals surface area contributed by atoms with Gasteiger partial charge in [-0.05, 0) is 37.8 Å². The highest BCUT2D eigenvalue weighted by atomic mass is 16.1. The largest absolute Gasteiger partial charge is 0.312 e. The van der Waals surface area contributed by atoms with Gasteiger partial charge < -0.3 is 4.57 Å². The van der Waals surface area contributed by atoms with Gasteiger partial charge in [0.05, 0.1) is 0 Å². The fraction of sp³-hybridized carbons (Fsp3) is 0.667. The molecule has 0 spiro atoms. The topological polar surface area (TPSA) is 25.2 Å². The van der Waals surface area contributed by atoms with Crippen molar-refractivity contribution in [2.75, 3.05) is 13.1 Å². The van der Waals surface area contributed by atoms with E-state index in [-0.39, 0.29) is 5.56 Å². The molecule has 0 aliphatic carbocycles. The maximum absolute atomic E-state index is 12.0. The third-order valence-corrected chi connectivity index (χ3v) is 5.17. The summed E-state index contributed by atoms with van der Waals surface area (Å²) in [6, 6.07) is 6.54. The maximum Gasteiger partial charge on any atom is 0.250 e. The molecule has 3 aliphatic rings. The van der Waals surface area contributed by atoms with E-state index >= 15 is 0 Å². The van der Waals surface area contributed by atoms with Crippen molar-refractivity contribution in [3.05, 3.63) is 34.2 Å². The first-order valence-electron chi connectivity index (χ1n) is 7.27. The molecule has 1 aromatic heterocycles. The first-order chi connectivity index (χ1) is 8.83. The van der Waals surface area contributed by atoms with Gasteiger partial charge in [0.25, 0.3) is 5.56 Å². The van der Waals surface area contributed by atoms with Crippen molar-refractivity contribution in [2.45, 2.75) is 44.2 Å². The Hall–Kier alpha value is -1.09.